The number of aromatic nitrogens is 3. The first-order valence-electron chi connectivity index (χ1n) is 6.46. The van der Waals surface area contributed by atoms with E-state index in [1.54, 1.807) is 23.7 Å². The fraction of sp³-hybridized carbons (Fsp3) is 0.462. The maximum absolute atomic E-state index is 11.6. The van der Waals surface area contributed by atoms with Gasteiger partial charge in [-0.2, -0.15) is 5.10 Å². The van der Waals surface area contributed by atoms with Gasteiger partial charge >= 0.3 is 5.97 Å². The predicted molar refractivity (Wildman–Crippen MR) is 70.9 cm³/mol. The lowest BCUT2D eigenvalue weighted by Gasteiger charge is -2.02. The molecule has 0 bridgehead atoms. The van der Waals surface area contributed by atoms with Gasteiger partial charge in [0.15, 0.2) is 11.3 Å². The summed E-state index contributed by atoms with van der Waals surface area (Å²) < 4.78 is 6.52. The first-order valence-corrected chi connectivity index (χ1v) is 6.46. The molecule has 2 heterocycles. The van der Waals surface area contributed by atoms with Crippen LogP contribution in [0.1, 0.15) is 36.3 Å². The van der Waals surface area contributed by atoms with Gasteiger partial charge in [-0.3, -0.25) is 0 Å². The molecular weight excluding hydrogens is 244 g/mol. The monoisotopic (exact) mass is 262 g/mol. The minimum atomic E-state index is -0.418. The third-order valence-electron chi connectivity index (χ3n) is 2.61. The highest BCUT2D eigenvalue weighted by atomic mass is 16.5. The minimum Gasteiger partial charge on any atom is -0.461 e. The average Bonchev–Trinajstić information content (AvgIpc) is 2.82. The first kappa shape index (κ1) is 13.5. The number of nitrogens with one attached hydrogen (secondary N) is 1. The molecule has 6 nitrogen and oxygen atoms in total. The number of esters is 1. The summed E-state index contributed by atoms with van der Waals surface area (Å²) in [6.45, 7) is 5.93. The normalized spacial score (nSPS) is 10.8. The number of nitrogens with zero attached hydrogens (tertiary/aromatic N) is 3. The van der Waals surface area contributed by atoms with Crippen LogP contribution in [0, 0.1) is 0 Å². The van der Waals surface area contributed by atoms with Crippen LogP contribution in [0.4, 0.5) is 0 Å². The number of carbonyl (C=O) groups excluding carboxylic acids is 1. The number of rotatable bonds is 6. The second kappa shape index (κ2) is 6.29. The zero-order chi connectivity index (χ0) is 13.7. The number of ether oxygens (including phenoxy) is 1. The second-order valence-corrected chi connectivity index (χ2v) is 4.19. The molecule has 2 aromatic heterocycles. The summed E-state index contributed by atoms with van der Waals surface area (Å²) in [5, 5.41) is 7.47. The van der Waals surface area contributed by atoms with E-state index in [4.69, 9.17) is 4.74 Å². The number of hydrogen-bond donors (Lipinski definition) is 1. The molecule has 102 valence electrons. The zero-order valence-corrected chi connectivity index (χ0v) is 11.2. The van der Waals surface area contributed by atoms with Gasteiger partial charge in [-0.25, -0.2) is 14.3 Å². The summed E-state index contributed by atoms with van der Waals surface area (Å²) in [6, 6.07) is 1.63. The Kier molecular flexibility index (Phi) is 4.46. The quantitative estimate of drug-likeness (QED) is 0.629. The fourth-order valence-electron chi connectivity index (χ4n) is 1.72. The Bertz CT molecular complexity index is 565. The summed E-state index contributed by atoms with van der Waals surface area (Å²) in [5.74, 6) is -0.418. The van der Waals surface area contributed by atoms with Crippen LogP contribution in [0.25, 0.3) is 5.65 Å². The second-order valence-electron chi connectivity index (χ2n) is 4.19. The summed E-state index contributed by atoms with van der Waals surface area (Å²) in [4.78, 5) is 15.8. The lowest BCUT2D eigenvalue weighted by molar-refractivity contribution is 0.0519. The third kappa shape index (κ3) is 3.29. The summed E-state index contributed by atoms with van der Waals surface area (Å²) in [5.41, 5.74) is 1.95. The lowest BCUT2D eigenvalue weighted by Crippen LogP contribution is -2.14. The van der Waals surface area contributed by atoms with Gasteiger partial charge < -0.3 is 10.1 Å². The highest BCUT2D eigenvalue weighted by molar-refractivity contribution is 5.88. The molecule has 2 rings (SSSR count). The van der Waals surface area contributed by atoms with Gasteiger partial charge in [0.25, 0.3) is 0 Å². The van der Waals surface area contributed by atoms with E-state index in [0.717, 1.165) is 25.1 Å². The summed E-state index contributed by atoms with van der Waals surface area (Å²) >= 11 is 0. The van der Waals surface area contributed by atoms with E-state index in [-0.39, 0.29) is 5.69 Å². The molecule has 0 saturated carbocycles. The third-order valence-corrected chi connectivity index (χ3v) is 2.61. The van der Waals surface area contributed by atoms with E-state index in [0.29, 0.717) is 12.3 Å². The van der Waals surface area contributed by atoms with Crippen LogP contribution in [0.5, 0.6) is 0 Å². The van der Waals surface area contributed by atoms with Crippen LogP contribution in [0.15, 0.2) is 18.5 Å². The molecule has 0 fully saturated rings. The molecule has 1 N–H and O–H groups in total. The van der Waals surface area contributed by atoms with E-state index < -0.39 is 5.97 Å². The Morgan fingerprint density at radius 3 is 3.05 bits per heavy atom. The summed E-state index contributed by atoms with van der Waals surface area (Å²) in [6.07, 6.45) is 4.74. The Labute approximate surface area is 111 Å². The van der Waals surface area contributed by atoms with Crippen LogP contribution in [0.2, 0.25) is 0 Å². The van der Waals surface area contributed by atoms with Crippen LogP contribution in [-0.2, 0) is 11.3 Å². The predicted octanol–water partition coefficient (Wildman–Crippen LogP) is 1.41. The maximum Gasteiger partial charge on any atom is 0.358 e. The molecule has 0 atom stereocenters. The van der Waals surface area contributed by atoms with Gasteiger partial charge in [0, 0.05) is 30.6 Å². The van der Waals surface area contributed by atoms with Crippen LogP contribution < -0.4 is 5.32 Å². The van der Waals surface area contributed by atoms with E-state index in [1.807, 2.05) is 6.20 Å². The smallest absolute Gasteiger partial charge is 0.358 e. The maximum atomic E-state index is 11.6. The van der Waals surface area contributed by atoms with E-state index in [2.05, 4.69) is 22.3 Å². The van der Waals surface area contributed by atoms with Crippen molar-refractivity contribution >= 4 is 11.6 Å². The van der Waals surface area contributed by atoms with E-state index in [1.165, 1.54) is 0 Å². The Hall–Kier alpha value is -1.95. The molecule has 0 radical (unpaired) electrons. The van der Waals surface area contributed by atoms with Crippen molar-refractivity contribution in [3.63, 3.8) is 0 Å². The molecule has 0 unspecified atom stereocenters. The average molecular weight is 262 g/mol. The van der Waals surface area contributed by atoms with Crippen molar-refractivity contribution < 1.29 is 9.53 Å². The Morgan fingerprint density at radius 1 is 1.47 bits per heavy atom. The lowest BCUT2D eigenvalue weighted by atomic mass is 10.3. The number of carbonyl (C=O) groups is 1. The molecule has 0 aliphatic heterocycles. The van der Waals surface area contributed by atoms with Crippen LogP contribution in [0.3, 0.4) is 0 Å². The van der Waals surface area contributed by atoms with Gasteiger partial charge in [-0.1, -0.05) is 6.92 Å². The molecule has 0 saturated heterocycles. The standard InChI is InChI=1S/C13H18N4O2/c1-3-5-14-7-10-8-15-12-6-11(13(18)19-4-2)16-17(12)9-10/h6,8-9,14H,3-5,7H2,1-2H3. The van der Waals surface area contributed by atoms with Crippen molar-refractivity contribution in [2.45, 2.75) is 26.8 Å². The zero-order valence-electron chi connectivity index (χ0n) is 11.2. The van der Waals surface area contributed by atoms with Crippen molar-refractivity contribution in [3.8, 4) is 0 Å². The molecular formula is C13H18N4O2. The van der Waals surface area contributed by atoms with Crippen molar-refractivity contribution in [1.82, 2.24) is 19.9 Å². The van der Waals surface area contributed by atoms with Gasteiger partial charge in [-0.05, 0) is 19.9 Å². The van der Waals surface area contributed by atoms with Gasteiger partial charge in [0.2, 0.25) is 0 Å². The molecule has 2 aromatic rings. The highest BCUT2D eigenvalue weighted by Gasteiger charge is 2.12. The van der Waals surface area contributed by atoms with E-state index >= 15 is 0 Å². The van der Waals surface area contributed by atoms with Crippen molar-refractivity contribution in [2.24, 2.45) is 0 Å². The Morgan fingerprint density at radius 2 is 2.32 bits per heavy atom. The number of fused-ring (bicyclic) bond motifs is 1. The van der Waals surface area contributed by atoms with Crippen LogP contribution >= 0.6 is 0 Å². The van der Waals surface area contributed by atoms with Gasteiger partial charge in [-0.15, -0.1) is 0 Å². The Balaban J connectivity index is 2.16. The molecule has 6 heteroatoms. The summed E-state index contributed by atoms with van der Waals surface area (Å²) in [7, 11) is 0. The largest absolute Gasteiger partial charge is 0.461 e. The highest BCUT2D eigenvalue weighted by Crippen LogP contribution is 2.07. The molecule has 0 aliphatic rings. The molecule has 0 aliphatic carbocycles. The number of hydrogen-bond acceptors (Lipinski definition) is 5. The fourth-order valence-corrected chi connectivity index (χ4v) is 1.72. The van der Waals surface area contributed by atoms with E-state index in [9.17, 15) is 4.79 Å². The topological polar surface area (TPSA) is 68.5 Å². The first-order chi connectivity index (χ1) is 9.24. The minimum absolute atomic E-state index is 0.285. The molecule has 19 heavy (non-hydrogen) atoms. The SMILES string of the molecule is CCCNCc1cnc2cc(C(=O)OCC)nn2c1. The van der Waals surface area contributed by atoms with Crippen molar-refractivity contribution in [1.29, 1.82) is 0 Å². The molecule has 0 amide bonds. The van der Waals surface area contributed by atoms with Crippen LogP contribution in [-0.4, -0.2) is 33.7 Å². The van der Waals surface area contributed by atoms with Gasteiger partial charge in [0.1, 0.15) is 0 Å². The van der Waals surface area contributed by atoms with Gasteiger partial charge in [0.05, 0.1) is 6.61 Å². The molecule has 0 spiro atoms. The molecule has 0 aromatic carbocycles. The van der Waals surface area contributed by atoms with Crippen molar-refractivity contribution in [3.05, 3.63) is 29.7 Å². The van der Waals surface area contributed by atoms with Crippen molar-refractivity contribution in [2.75, 3.05) is 13.2 Å².